The van der Waals surface area contributed by atoms with Crippen molar-refractivity contribution in [3.63, 3.8) is 0 Å². The van der Waals surface area contributed by atoms with Gasteiger partial charge >= 0.3 is 0 Å². The molecule has 0 aromatic carbocycles. The van der Waals surface area contributed by atoms with E-state index in [0.717, 1.165) is 12.8 Å². The van der Waals surface area contributed by atoms with Crippen molar-refractivity contribution in [1.82, 2.24) is 5.32 Å². The Bertz CT molecular complexity index is 162. The average Bonchev–Trinajstić information content (AvgIpc) is 2.16. The van der Waals surface area contributed by atoms with Crippen molar-refractivity contribution in [2.45, 2.75) is 33.1 Å². The molecule has 86 valence electrons. The number of hydrogen-bond acceptors (Lipinski definition) is 3. The monoisotopic (exact) mass is 223 g/mol. The fourth-order valence-electron chi connectivity index (χ4n) is 0.553. The molecule has 0 spiro atoms. The summed E-state index contributed by atoms with van der Waals surface area (Å²) >= 11 is -1.07. The molecule has 0 aromatic heterocycles. The van der Waals surface area contributed by atoms with E-state index < -0.39 is 11.1 Å². The van der Waals surface area contributed by atoms with E-state index in [2.05, 4.69) is 9.50 Å². The van der Waals surface area contributed by atoms with Crippen LogP contribution in [-0.2, 0) is 20.1 Å². The summed E-state index contributed by atoms with van der Waals surface area (Å²) in [5.41, 5.74) is 0. The molecule has 0 aliphatic heterocycles. The van der Waals surface area contributed by atoms with E-state index in [-0.39, 0.29) is 5.91 Å². The second kappa shape index (κ2) is 12.6. The molecule has 5 heteroatoms. The van der Waals surface area contributed by atoms with Gasteiger partial charge in [0.05, 0.1) is 6.61 Å². The van der Waals surface area contributed by atoms with Gasteiger partial charge in [-0.25, -0.2) is 4.21 Å². The van der Waals surface area contributed by atoms with Gasteiger partial charge in [-0.3, -0.25) is 8.98 Å². The minimum Gasteiger partial charge on any atom is -0.359 e. The fraction of sp³-hybridized carbons (Fsp3) is 0.889. The highest BCUT2D eigenvalue weighted by atomic mass is 32.2. The third kappa shape index (κ3) is 17.6. The highest BCUT2D eigenvalue weighted by Crippen LogP contribution is 1.82. The predicted molar refractivity (Wildman–Crippen MR) is 59.3 cm³/mol. The third-order valence-electron chi connectivity index (χ3n) is 1.21. The van der Waals surface area contributed by atoms with Crippen molar-refractivity contribution < 1.29 is 13.2 Å². The molecule has 0 bridgehead atoms. The van der Waals surface area contributed by atoms with Crippen LogP contribution in [0.15, 0.2) is 0 Å². The van der Waals surface area contributed by atoms with Crippen molar-refractivity contribution in [1.29, 1.82) is 0 Å². The molecule has 0 fully saturated rings. The van der Waals surface area contributed by atoms with Gasteiger partial charge in [-0.2, -0.15) is 0 Å². The zero-order chi connectivity index (χ0) is 11.4. The first-order valence-corrected chi connectivity index (χ1v) is 6.24. The van der Waals surface area contributed by atoms with Gasteiger partial charge in [0.1, 0.15) is 0 Å². The maximum Gasteiger partial charge on any atom is 0.219 e. The van der Waals surface area contributed by atoms with Crippen molar-refractivity contribution in [2.24, 2.45) is 0 Å². The highest BCUT2D eigenvalue weighted by Gasteiger charge is 1.89. The standard InChI is InChI=1S/C5H11NO.C4H10O2S/c1-3-4-5(7)6-2;1-3-4-6-7(2)5/h3-4H2,1-2H3,(H,6,7);3-4H2,1-2H3. The number of nitrogens with one attached hydrogen (secondary N) is 1. The quantitative estimate of drug-likeness (QED) is 0.763. The SMILES string of the molecule is CCCC(=O)NC.CCCOS(C)=O. The molecule has 1 N–H and O–H groups in total. The maximum absolute atomic E-state index is 10.3. The molecule has 1 atom stereocenters. The van der Waals surface area contributed by atoms with Gasteiger partial charge in [0, 0.05) is 19.7 Å². The van der Waals surface area contributed by atoms with E-state index in [9.17, 15) is 9.00 Å². The second-order valence-corrected chi connectivity index (χ2v) is 3.68. The van der Waals surface area contributed by atoms with Crippen LogP contribution < -0.4 is 5.32 Å². The van der Waals surface area contributed by atoms with E-state index in [1.54, 1.807) is 7.05 Å². The summed E-state index contributed by atoms with van der Waals surface area (Å²) in [6.07, 6.45) is 4.03. The molecule has 1 unspecified atom stereocenters. The van der Waals surface area contributed by atoms with Gasteiger partial charge in [-0.1, -0.05) is 13.8 Å². The van der Waals surface area contributed by atoms with Crippen molar-refractivity contribution in [2.75, 3.05) is 19.9 Å². The molecule has 0 saturated carbocycles. The Kier molecular flexibility index (Phi) is 14.4. The van der Waals surface area contributed by atoms with Crippen LogP contribution in [0.1, 0.15) is 33.1 Å². The average molecular weight is 223 g/mol. The summed E-state index contributed by atoms with van der Waals surface area (Å²) in [5, 5.41) is 2.53. The lowest BCUT2D eigenvalue weighted by atomic mass is 10.3. The van der Waals surface area contributed by atoms with Crippen molar-refractivity contribution in [3.05, 3.63) is 0 Å². The Morgan fingerprint density at radius 2 is 1.93 bits per heavy atom. The van der Waals surface area contributed by atoms with E-state index in [4.69, 9.17) is 0 Å². The van der Waals surface area contributed by atoms with Crippen LogP contribution >= 0.6 is 0 Å². The fourth-order valence-corrected chi connectivity index (χ4v) is 0.954. The van der Waals surface area contributed by atoms with Crippen LogP contribution in [-0.4, -0.2) is 30.0 Å². The van der Waals surface area contributed by atoms with Gasteiger partial charge in [0.2, 0.25) is 5.91 Å². The van der Waals surface area contributed by atoms with E-state index in [1.165, 1.54) is 6.26 Å². The normalized spacial score (nSPS) is 11.1. The van der Waals surface area contributed by atoms with E-state index >= 15 is 0 Å². The molecule has 0 rings (SSSR count). The predicted octanol–water partition coefficient (Wildman–Crippen LogP) is 1.24. The third-order valence-corrected chi connectivity index (χ3v) is 1.71. The molecule has 0 aliphatic rings. The van der Waals surface area contributed by atoms with E-state index in [1.807, 2.05) is 13.8 Å². The molecule has 0 heterocycles. The topological polar surface area (TPSA) is 55.4 Å². The molecule has 0 radical (unpaired) electrons. The van der Waals surface area contributed by atoms with E-state index in [0.29, 0.717) is 13.0 Å². The summed E-state index contributed by atoms with van der Waals surface area (Å²) in [6, 6.07) is 0. The summed E-state index contributed by atoms with van der Waals surface area (Å²) in [5.74, 6) is 0.127. The minimum absolute atomic E-state index is 0.127. The Balaban J connectivity index is 0. The molecule has 4 nitrogen and oxygen atoms in total. The molecular formula is C9H21NO3S. The Morgan fingerprint density at radius 1 is 1.36 bits per heavy atom. The van der Waals surface area contributed by atoms with Gasteiger partial charge in [-0.05, 0) is 12.8 Å². The van der Waals surface area contributed by atoms with Crippen LogP contribution in [0.5, 0.6) is 0 Å². The second-order valence-electron chi connectivity index (χ2n) is 2.65. The summed E-state index contributed by atoms with van der Waals surface area (Å²) in [6.45, 7) is 4.56. The highest BCUT2D eigenvalue weighted by molar-refractivity contribution is 7.79. The summed E-state index contributed by atoms with van der Waals surface area (Å²) in [4.78, 5) is 10.3. The smallest absolute Gasteiger partial charge is 0.219 e. The number of carbonyl (C=O) groups is 1. The Labute approximate surface area is 89.1 Å². The first kappa shape index (κ1) is 16.0. The van der Waals surface area contributed by atoms with Gasteiger partial charge in [-0.15, -0.1) is 0 Å². The number of rotatable bonds is 5. The molecule has 0 saturated heterocycles. The minimum atomic E-state index is -1.07. The molecule has 14 heavy (non-hydrogen) atoms. The zero-order valence-corrected chi connectivity index (χ0v) is 10.3. The molecule has 0 aliphatic carbocycles. The number of hydrogen-bond donors (Lipinski definition) is 1. The summed E-state index contributed by atoms with van der Waals surface area (Å²) < 4.78 is 14.8. The lowest BCUT2D eigenvalue weighted by Crippen LogP contribution is -2.16. The first-order valence-electron chi connectivity index (χ1n) is 4.75. The lowest BCUT2D eigenvalue weighted by Gasteiger charge is -1.91. The molecular weight excluding hydrogens is 202 g/mol. The molecule has 1 amide bonds. The largest absolute Gasteiger partial charge is 0.359 e. The van der Waals surface area contributed by atoms with Crippen LogP contribution in [0.4, 0.5) is 0 Å². The Morgan fingerprint density at radius 3 is 2.07 bits per heavy atom. The maximum atomic E-state index is 10.3. The van der Waals surface area contributed by atoms with Crippen LogP contribution in [0, 0.1) is 0 Å². The zero-order valence-electron chi connectivity index (χ0n) is 9.46. The van der Waals surface area contributed by atoms with Crippen molar-refractivity contribution in [3.8, 4) is 0 Å². The summed E-state index contributed by atoms with van der Waals surface area (Å²) in [7, 11) is 1.65. The van der Waals surface area contributed by atoms with Crippen LogP contribution in [0.2, 0.25) is 0 Å². The van der Waals surface area contributed by atoms with Crippen LogP contribution in [0.25, 0.3) is 0 Å². The lowest BCUT2D eigenvalue weighted by molar-refractivity contribution is -0.120. The first-order chi connectivity index (χ1) is 6.58. The molecule has 0 aromatic rings. The number of carbonyl (C=O) groups excluding carboxylic acids is 1. The number of amides is 1. The van der Waals surface area contributed by atoms with Gasteiger partial charge in [0.25, 0.3) is 0 Å². The Hall–Kier alpha value is -0.420. The van der Waals surface area contributed by atoms with Gasteiger partial charge in [0.15, 0.2) is 11.1 Å². The van der Waals surface area contributed by atoms with Crippen molar-refractivity contribution >= 4 is 17.0 Å². The van der Waals surface area contributed by atoms with Crippen LogP contribution in [0.3, 0.4) is 0 Å². The van der Waals surface area contributed by atoms with Gasteiger partial charge < -0.3 is 5.32 Å².